The Kier molecular flexibility index (Phi) is 13.8. The number of halogens is 1. The minimum absolute atomic E-state index is 0.113. The molecule has 15 heteroatoms. The van der Waals surface area contributed by atoms with E-state index < -0.39 is 90.1 Å². The van der Waals surface area contributed by atoms with Crippen LogP contribution in [0.4, 0.5) is 4.39 Å². The van der Waals surface area contributed by atoms with E-state index in [1.54, 1.807) is 19.1 Å². The van der Waals surface area contributed by atoms with Crippen molar-refractivity contribution in [3.63, 3.8) is 0 Å². The maximum atomic E-state index is 14.4. The van der Waals surface area contributed by atoms with Gasteiger partial charge in [0.2, 0.25) is 35.4 Å². The van der Waals surface area contributed by atoms with Crippen molar-refractivity contribution in [2.75, 3.05) is 26.2 Å². The van der Waals surface area contributed by atoms with Gasteiger partial charge in [0.05, 0.1) is 0 Å². The Morgan fingerprint density at radius 2 is 1.65 bits per heavy atom. The number of amides is 6. The van der Waals surface area contributed by atoms with Crippen LogP contribution in [0.5, 0.6) is 0 Å². The summed E-state index contributed by atoms with van der Waals surface area (Å²) in [4.78, 5) is 101. The van der Waals surface area contributed by atoms with Crippen LogP contribution >= 0.6 is 0 Å². The van der Waals surface area contributed by atoms with Crippen LogP contribution in [0.1, 0.15) is 84.1 Å². The van der Waals surface area contributed by atoms with Crippen molar-refractivity contribution >= 4 is 41.4 Å². The van der Waals surface area contributed by atoms with Gasteiger partial charge in [0.15, 0.2) is 0 Å². The van der Waals surface area contributed by atoms with Crippen LogP contribution < -0.4 is 16.0 Å². The number of hydrogen-bond acceptors (Lipinski definition) is 8. The highest BCUT2D eigenvalue weighted by atomic mass is 19.1. The van der Waals surface area contributed by atoms with Crippen LogP contribution in [0.15, 0.2) is 36.4 Å². The normalized spacial score (nSPS) is 27.6. The van der Waals surface area contributed by atoms with Gasteiger partial charge >= 0.3 is 5.97 Å². The van der Waals surface area contributed by atoms with E-state index in [4.69, 9.17) is 4.74 Å². The molecule has 4 fully saturated rings. The molecule has 1 aromatic carbocycles. The van der Waals surface area contributed by atoms with Crippen molar-refractivity contribution in [3.8, 4) is 0 Å². The van der Waals surface area contributed by atoms with Crippen molar-refractivity contribution in [2.45, 2.75) is 121 Å². The monoisotopic (exact) mass is 752 g/mol. The van der Waals surface area contributed by atoms with Gasteiger partial charge in [-0.15, -0.1) is 0 Å². The lowest BCUT2D eigenvalue weighted by Gasteiger charge is -2.41. The number of nitrogens with zero attached hydrogens (tertiary/aromatic N) is 3. The number of carbonyl (C=O) groups is 7. The Hall–Kier alpha value is -4.82. The number of ether oxygens (including phenoxy) is 1. The molecular formula is C39H53FN6O8. The highest BCUT2D eigenvalue weighted by Gasteiger charge is 2.46. The SMILES string of the molecule is CCCCC=CC(=O)N[C@@H](Cc1cccc(F)c1)C(=O)N[C@H]1COC(=O)[C@@H]2CCCN2C(=O)[C@H](C)NC(=O)[C@@H]2CC(C)CCN2C(=O)[C@@H]2CCCN2C1=O. The summed E-state index contributed by atoms with van der Waals surface area (Å²) in [6.07, 6.45) is 8.02. The fraction of sp³-hybridized carbons (Fsp3) is 0.615. The summed E-state index contributed by atoms with van der Waals surface area (Å²) in [5.41, 5.74) is 0.418. The third-order valence-electron chi connectivity index (χ3n) is 10.8. The predicted molar refractivity (Wildman–Crippen MR) is 195 cm³/mol. The smallest absolute Gasteiger partial charge is 0.328 e. The highest BCUT2D eigenvalue weighted by molar-refractivity contribution is 5.98. The van der Waals surface area contributed by atoms with E-state index in [0.717, 1.165) is 12.8 Å². The van der Waals surface area contributed by atoms with Gasteiger partial charge in [-0.1, -0.05) is 44.9 Å². The fourth-order valence-corrected chi connectivity index (χ4v) is 7.78. The molecular weight excluding hydrogens is 699 g/mol. The van der Waals surface area contributed by atoms with Gasteiger partial charge in [-0.05, 0) is 81.6 Å². The van der Waals surface area contributed by atoms with Gasteiger partial charge < -0.3 is 35.4 Å². The quantitative estimate of drug-likeness (QED) is 0.194. The first-order chi connectivity index (χ1) is 25.9. The Morgan fingerprint density at radius 1 is 0.944 bits per heavy atom. The van der Waals surface area contributed by atoms with E-state index in [1.807, 2.05) is 13.8 Å². The molecule has 4 heterocycles. The van der Waals surface area contributed by atoms with Crippen LogP contribution in [0, 0.1) is 11.7 Å². The molecule has 1 unspecified atom stereocenters. The summed E-state index contributed by atoms with van der Waals surface area (Å²) in [6, 6.07) is -0.884. The third kappa shape index (κ3) is 9.83. The van der Waals surface area contributed by atoms with Crippen LogP contribution in [-0.4, -0.2) is 119 Å². The van der Waals surface area contributed by atoms with Crippen LogP contribution in [0.2, 0.25) is 0 Å². The topological polar surface area (TPSA) is 175 Å². The number of nitrogens with one attached hydrogen (secondary N) is 3. The minimum Gasteiger partial charge on any atom is -0.461 e. The van der Waals surface area contributed by atoms with Gasteiger partial charge in [0, 0.05) is 26.1 Å². The maximum absolute atomic E-state index is 14.4. The summed E-state index contributed by atoms with van der Waals surface area (Å²) in [7, 11) is 0. The largest absolute Gasteiger partial charge is 0.461 e. The molecule has 4 aliphatic heterocycles. The second-order valence-electron chi connectivity index (χ2n) is 14.9. The number of piperidine rings is 1. The molecule has 1 aromatic rings. The number of esters is 1. The van der Waals surface area contributed by atoms with E-state index in [2.05, 4.69) is 16.0 Å². The van der Waals surface area contributed by atoms with Gasteiger partial charge in [-0.2, -0.15) is 0 Å². The molecule has 4 aliphatic rings. The summed E-state index contributed by atoms with van der Waals surface area (Å²) < 4.78 is 19.8. The van der Waals surface area contributed by atoms with E-state index in [-0.39, 0.29) is 25.4 Å². The standard InChI is InChI=1S/C39H53FN6O8/c1-4-5-6-7-15-33(47)42-28(22-26-11-8-12-27(40)21-26)34(48)43-29-23-54-39(53)31-14-10-18-45(31)36(50)25(3)41-35(49)32-20-24(2)16-19-46(32)38(52)30-13-9-17-44(30)37(29)51/h7-8,11-12,15,21,24-25,28-32H,4-6,9-10,13-14,16-20,22-23H2,1-3H3,(H,41,49)(H,42,47)(H,43,48)/t24?,25-,28-,29-,30-,31-,32-/m0/s1. The molecule has 54 heavy (non-hydrogen) atoms. The Morgan fingerprint density at radius 3 is 2.37 bits per heavy atom. The zero-order valence-corrected chi connectivity index (χ0v) is 31.4. The van der Waals surface area contributed by atoms with Gasteiger partial charge in [0.1, 0.15) is 48.7 Å². The minimum atomic E-state index is -1.47. The highest BCUT2D eigenvalue weighted by Crippen LogP contribution is 2.28. The number of hydrogen-bond donors (Lipinski definition) is 3. The van der Waals surface area contributed by atoms with Gasteiger partial charge in [-0.3, -0.25) is 28.8 Å². The van der Waals surface area contributed by atoms with Gasteiger partial charge in [-0.25, -0.2) is 9.18 Å². The van der Waals surface area contributed by atoms with Gasteiger partial charge in [0.25, 0.3) is 0 Å². The van der Waals surface area contributed by atoms with Crippen LogP contribution in [0.25, 0.3) is 0 Å². The molecule has 14 nitrogen and oxygen atoms in total. The number of fused-ring (bicyclic) bond motifs is 3. The number of cyclic esters (lactones) is 1. The molecule has 0 saturated carbocycles. The predicted octanol–water partition coefficient (Wildman–Crippen LogP) is 1.75. The molecule has 0 spiro atoms. The molecule has 3 N–H and O–H groups in total. The zero-order valence-electron chi connectivity index (χ0n) is 31.4. The van der Waals surface area contributed by atoms with Crippen molar-refractivity contribution < 1.29 is 42.7 Å². The molecule has 4 saturated heterocycles. The van der Waals surface area contributed by atoms with Crippen LogP contribution in [0.3, 0.4) is 0 Å². The van der Waals surface area contributed by atoms with Crippen molar-refractivity contribution in [3.05, 3.63) is 47.8 Å². The first-order valence-corrected chi connectivity index (χ1v) is 19.3. The summed E-state index contributed by atoms with van der Waals surface area (Å²) in [5.74, 6) is -4.55. The van der Waals surface area contributed by atoms with E-state index in [0.29, 0.717) is 57.1 Å². The first-order valence-electron chi connectivity index (χ1n) is 19.3. The molecule has 0 bridgehead atoms. The first kappa shape index (κ1) is 40.4. The van der Waals surface area contributed by atoms with Crippen molar-refractivity contribution in [2.24, 2.45) is 5.92 Å². The number of benzene rings is 1. The number of rotatable bonds is 9. The lowest BCUT2D eigenvalue weighted by atomic mass is 9.91. The molecule has 0 radical (unpaired) electrons. The van der Waals surface area contributed by atoms with Crippen LogP contribution in [-0.2, 0) is 44.7 Å². The molecule has 0 aromatic heterocycles. The summed E-state index contributed by atoms with van der Waals surface area (Å²) >= 11 is 0. The lowest BCUT2D eigenvalue weighted by Crippen LogP contribution is -2.62. The molecule has 6 amide bonds. The van der Waals surface area contributed by atoms with Crippen molar-refractivity contribution in [1.82, 2.24) is 30.7 Å². The molecule has 294 valence electrons. The maximum Gasteiger partial charge on any atom is 0.328 e. The zero-order chi connectivity index (χ0) is 38.9. The Labute approximate surface area is 315 Å². The second-order valence-corrected chi connectivity index (χ2v) is 14.9. The second kappa shape index (κ2) is 18.5. The van der Waals surface area contributed by atoms with E-state index in [9.17, 15) is 38.0 Å². The number of allylic oxidation sites excluding steroid dienone is 1. The summed E-state index contributed by atoms with van der Waals surface area (Å²) in [6.45, 7) is 5.69. The molecule has 0 aliphatic carbocycles. The lowest BCUT2D eigenvalue weighted by molar-refractivity contribution is -0.158. The number of unbranched alkanes of at least 4 members (excludes halogenated alkanes) is 2. The Balaban J connectivity index is 1.45. The summed E-state index contributed by atoms with van der Waals surface area (Å²) in [5, 5.41) is 8.12. The average Bonchev–Trinajstić information content (AvgIpc) is 3.84. The van der Waals surface area contributed by atoms with E-state index >= 15 is 0 Å². The number of carbonyl (C=O) groups excluding carboxylic acids is 7. The fourth-order valence-electron chi connectivity index (χ4n) is 7.78. The van der Waals surface area contributed by atoms with E-state index in [1.165, 1.54) is 39.0 Å². The molecule has 7 atom stereocenters. The van der Waals surface area contributed by atoms with Crippen molar-refractivity contribution in [1.29, 1.82) is 0 Å². The average molecular weight is 753 g/mol. The molecule has 5 rings (SSSR count). The Bertz CT molecular complexity index is 1620. The third-order valence-corrected chi connectivity index (χ3v) is 10.8.